The molecule has 0 radical (unpaired) electrons. The van der Waals surface area contributed by atoms with Gasteiger partial charge in [-0.1, -0.05) is 13.0 Å². The Bertz CT molecular complexity index is 525. The number of primary amides is 1. The van der Waals surface area contributed by atoms with Crippen molar-refractivity contribution >= 4 is 5.91 Å². The normalized spacial score (nSPS) is 16.2. The number of hydrogen-bond donors (Lipinski definition) is 2. The zero-order valence-electron chi connectivity index (χ0n) is 14.7. The zero-order chi connectivity index (χ0) is 17.4. The molecule has 1 aromatic rings. The van der Waals surface area contributed by atoms with Crippen LogP contribution in [-0.4, -0.2) is 48.8 Å². The number of nitrogens with two attached hydrogens (primary N) is 1. The predicted octanol–water partition coefficient (Wildman–Crippen LogP) is 2.06. The number of rotatable bonds is 9. The summed E-state index contributed by atoms with van der Waals surface area (Å²) in [5, 5.41) is 8.87. The van der Waals surface area contributed by atoms with E-state index >= 15 is 0 Å². The van der Waals surface area contributed by atoms with Crippen LogP contribution in [0.2, 0.25) is 0 Å². The van der Waals surface area contributed by atoms with Gasteiger partial charge in [0.1, 0.15) is 12.4 Å². The Labute approximate surface area is 144 Å². The molecule has 5 nitrogen and oxygen atoms in total. The monoisotopic (exact) mass is 334 g/mol. The topological polar surface area (TPSA) is 75.8 Å². The van der Waals surface area contributed by atoms with Crippen molar-refractivity contribution in [3.05, 3.63) is 29.3 Å². The molecule has 3 N–H and O–H groups in total. The van der Waals surface area contributed by atoms with Crippen LogP contribution in [0.25, 0.3) is 0 Å². The van der Waals surface area contributed by atoms with Gasteiger partial charge in [0.2, 0.25) is 5.91 Å². The van der Waals surface area contributed by atoms with Gasteiger partial charge < -0.3 is 20.5 Å². The predicted molar refractivity (Wildman–Crippen MR) is 95.2 cm³/mol. The second-order valence-corrected chi connectivity index (χ2v) is 6.47. The van der Waals surface area contributed by atoms with Gasteiger partial charge in [0.05, 0.1) is 6.61 Å². The van der Waals surface area contributed by atoms with Crippen molar-refractivity contribution in [1.82, 2.24) is 4.90 Å². The van der Waals surface area contributed by atoms with Crippen LogP contribution in [0, 0.1) is 0 Å². The number of hydrogen-bond acceptors (Lipinski definition) is 4. The van der Waals surface area contributed by atoms with E-state index in [2.05, 4.69) is 24.0 Å². The second-order valence-electron chi connectivity index (χ2n) is 6.47. The van der Waals surface area contributed by atoms with E-state index in [1.54, 1.807) is 0 Å². The minimum absolute atomic E-state index is 0.0391. The summed E-state index contributed by atoms with van der Waals surface area (Å²) in [4.78, 5) is 13.3. The Morgan fingerprint density at radius 2 is 2.12 bits per heavy atom. The first kappa shape index (κ1) is 18.7. The van der Waals surface area contributed by atoms with Crippen LogP contribution in [-0.2, 0) is 11.2 Å². The smallest absolute Gasteiger partial charge is 0.217 e. The maximum Gasteiger partial charge on any atom is 0.217 e. The first-order valence-corrected chi connectivity index (χ1v) is 9.01. The van der Waals surface area contributed by atoms with Gasteiger partial charge in [0.15, 0.2) is 0 Å². The standard InChI is InChI=1S/C19H30N2O3/c1-2-15-14-17(24-13-12-22)5-6-18(15)16-7-10-21(11-8-16)9-3-4-19(20)23/h5-6,14,16,22H,2-4,7-13H2,1H3,(H2,20,23). The van der Waals surface area contributed by atoms with Gasteiger partial charge in [-0.05, 0) is 74.5 Å². The lowest BCUT2D eigenvalue weighted by Gasteiger charge is -2.33. The molecule has 1 aromatic carbocycles. The minimum Gasteiger partial charge on any atom is -0.491 e. The average molecular weight is 334 g/mol. The third-order valence-electron chi connectivity index (χ3n) is 4.78. The first-order valence-electron chi connectivity index (χ1n) is 9.01. The van der Waals surface area contributed by atoms with E-state index in [1.807, 2.05) is 6.07 Å². The second kappa shape index (κ2) is 9.64. The lowest BCUT2D eigenvalue weighted by Crippen LogP contribution is -2.34. The number of ether oxygens (including phenoxy) is 1. The first-order chi connectivity index (χ1) is 11.6. The number of aryl methyl sites for hydroxylation is 1. The number of carbonyl (C=O) groups excluding carboxylic acids is 1. The number of nitrogens with zero attached hydrogens (tertiary/aromatic N) is 1. The van der Waals surface area contributed by atoms with E-state index in [0.29, 0.717) is 18.9 Å². The highest BCUT2D eigenvalue weighted by Gasteiger charge is 2.22. The maximum absolute atomic E-state index is 10.8. The zero-order valence-corrected chi connectivity index (χ0v) is 14.7. The molecule has 0 atom stereocenters. The van der Waals surface area contributed by atoms with Crippen LogP contribution in [0.1, 0.15) is 49.7 Å². The van der Waals surface area contributed by atoms with Crippen molar-refractivity contribution in [2.24, 2.45) is 5.73 Å². The fraction of sp³-hybridized carbons (Fsp3) is 0.632. The lowest BCUT2D eigenvalue weighted by atomic mass is 9.85. The molecule has 1 fully saturated rings. The highest BCUT2D eigenvalue weighted by molar-refractivity contribution is 5.73. The largest absolute Gasteiger partial charge is 0.491 e. The van der Waals surface area contributed by atoms with E-state index in [4.69, 9.17) is 15.6 Å². The SMILES string of the molecule is CCc1cc(OCCO)ccc1C1CCN(CCCC(N)=O)CC1. The summed E-state index contributed by atoms with van der Waals surface area (Å²) in [5.74, 6) is 1.23. The molecule has 0 saturated carbocycles. The van der Waals surface area contributed by atoms with Crippen molar-refractivity contribution < 1.29 is 14.6 Å². The molecule has 1 aliphatic heterocycles. The van der Waals surface area contributed by atoms with E-state index in [-0.39, 0.29) is 12.5 Å². The Balaban J connectivity index is 1.89. The summed E-state index contributed by atoms with van der Waals surface area (Å²) in [5.41, 5.74) is 7.98. The Kier molecular flexibility index (Phi) is 7.53. The summed E-state index contributed by atoms with van der Waals surface area (Å²) < 4.78 is 5.52. The number of piperidine rings is 1. The summed E-state index contributed by atoms with van der Waals surface area (Å²) in [6, 6.07) is 6.33. The lowest BCUT2D eigenvalue weighted by molar-refractivity contribution is -0.118. The molecular formula is C19H30N2O3. The van der Waals surface area contributed by atoms with E-state index < -0.39 is 0 Å². The molecule has 134 valence electrons. The van der Waals surface area contributed by atoms with Crippen molar-refractivity contribution in [3.63, 3.8) is 0 Å². The number of carbonyl (C=O) groups is 1. The molecule has 1 saturated heterocycles. The van der Waals surface area contributed by atoms with E-state index in [9.17, 15) is 4.79 Å². The van der Waals surface area contributed by atoms with Crippen LogP contribution >= 0.6 is 0 Å². The van der Waals surface area contributed by atoms with Crippen LogP contribution in [0.5, 0.6) is 5.75 Å². The van der Waals surface area contributed by atoms with Crippen molar-refractivity contribution in [2.45, 2.75) is 44.9 Å². The summed E-state index contributed by atoms with van der Waals surface area (Å²) in [6.07, 6.45) is 4.64. The van der Waals surface area contributed by atoms with Gasteiger partial charge >= 0.3 is 0 Å². The molecule has 0 aliphatic carbocycles. The summed E-state index contributed by atoms with van der Waals surface area (Å²) >= 11 is 0. The number of aliphatic hydroxyl groups excluding tert-OH is 1. The van der Waals surface area contributed by atoms with Gasteiger partial charge in [-0.2, -0.15) is 0 Å². The van der Waals surface area contributed by atoms with Gasteiger partial charge in [-0.25, -0.2) is 0 Å². The number of amides is 1. The molecule has 1 heterocycles. The third kappa shape index (κ3) is 5.49. The fourth-order valence-corrected chi connectivity index (χ4v) is 3.48. The number of likely N-dealkylation sites (tertiary alicyclic amines) is 1. The summed E-state index contributed by atoms with van der Waals surface area (Å²) in [6.45, 7) is 5.67. The maximum atomic E-state index is 10.8. The Morgan fingerprint density at radius 3 is 2.75 bits per heavy atom. The van der Waals surface area contributed by atoms with Crippen LogP contribution < -0.4 is 10.5 Å². The molecule has 0 unspecified atom stereocenters. The highest BCUT2D eigenvalue weighted by Crippen LogP contribution is 2.32. The molecule has 2 rings (SSSR count). The van der Waals surface area contributed by atoms with Crippen molar-refractivity contribution in [1.29, 1.82) is 0 Å². The fourth-order valence-electron chi connectivity index (χ4n) is 3.48. The highest BCUT2D eigenvalue weighted by atomic mass is 16.5. The number of aliphatic hydroxyl groups is 1. The number of benzene rings is 1. The van der Waals surface area contributed by atoms with E-state index in [0.717, 1.165) is 51.1 Å². The molecular weight excluding hydrogens is 304 g/mol. The van der Waals surface area contributed by atoms with Crippen LogP contribution in [0.3, 0.4) is 0 Å². The molecule has 24 heavy (non-hydrogen) atoms. The van der Waals surface area contributed by atoms with Crippen molar-refractivity contribution in [3.8, 4) is 5.75 Å². The van der Waals surface area contributed by atoms with Crippen LogP contribution in [0.15, 0.2) is 18.2 Å². The quantitative estimate of drug-likeness (QED) is 0.725. The minimum atomic E-state index is -0.207. The van der Waals surface area contributed by atoms with Gasteiger partial charge in [0.25, 0.3) is 0 Å². The molecule has 0 spiro atoms. The molecule has 1 aliphatic rings. The average Bonchev–Trinajstić information content (AvgIpc) is 2.60. The third-order valence-corrected chi connectivity index (χ3v) is 4.78. The van der Waals surface area contributed by atoms with Gasteiger partial charge in [-0.3, -0.25) is 4.79 Å². The molecule has 0 bridgehead atoms. The van der Waals surface area contributed by atoms with Gasteiger partial charge in [0, 0.05) is 6.42 Å². The van der Waals surface area contributed by atoms with Crippen LogP contribution in [0.4, 0.5) is 0 Å². The summed E-state index contributed by atoms with van der Waals surface area (Å²) in [7, 11) is 0. The Morgan fingerprint density at radius 1 is 1.38 bits per heavy atom. The molecule has 5 heteroatoms. The van der Waals surface area contributed by atoms with Gasteiger partial charge in [-0.15, -0.1) is 0 Å². The Hall–Kier alpha value is -1.59. The van der Waals surface area contributed by atoms with E-state index in [1.165, 1.54) is 11.1 Å². The molecule has 1 amide bonds. The molecule has 0 aromatic heterocycles. The van der Waals surface area contributed by atoms with Crippen molar-refractivity contribution in [2.75, 3.05) is 32.8 Å².